The Labute approximate surface area is 108 Å². The Morgan fingerprint density at radius 1 is 1.44 bits per heavy atom. The van der Waals surface area contributed by atoms with Crippen molar-refractivity contribution in [2.45, 2.75) is 37.9 Å². The second-order valence-electron chi connectivity index (χ2n) is 4.81. The topological polar surface area (TPSA) is 63.3 Å². The molecule has 0 spiro atoms. The summed E-state index contributed by atoms with van der Waals surface area (Å²) in [6.45, 7) is 0. The van der Waals surface area contributed by atoms with Crippen LogP contribution in [0.1, 0.15) is 25.7 Å². The number of aliphatic carboxylic acids is 1. The first-order chi connectivity index (χ1) is 8.29. The third kappa shape index (κ3) is 6.49. The van der Waals surface area contributed by atoms with Crippen molar-refractivity contribution in [1.29, 1.82) is 0 Å². The van der Waals surface area contributed by atoms with Crippen molar-refractivity contribution >= 4 is 17.7 Å². The van der Waals surface area contributed by atoms with E-state index in [1.54, 1.807) is 11.8 Å². The first-order valence-electron chi connectivity index (χ1n) is 5.91. The molecule has 0 unspecified atom stereocenters. The van der Waals surface area contributed by atoms with E-state index in [1.165, 1.54) is 12.8 Å². The Kier molecular flexibility index (Phi) is 5.78. The minimum Gasteiger partial charge on any atom is -0.481 e. The van der Waals surface area contributed by atoms with Gasteiger partial charge in [0.1, 0.15) is 0 Å². The molecule has 3 N–H and O–H groups in total. The lowest BCUT2D eigenvalue weighted by Crippen LogP contribution is -2.34. The molecular weight excluding hydrogens is 267 g/mol. The summed E-state index contributed by atoms with van der Waals surface area (Å²) in [4.78, 5) is 10.4. The maximum atomic E-state index is 12.6. The number of carboxylic acids is 1. The molecule has 1 fully saturated rings. The zero-order valence-corrected chi connectivity index (χ0v) is 10.8. The third-order valence-electron chi connectivity index (χ3n) is 2.85. The van der Waals surface area contributed by atoms with Crippen LogP contribution in [0.2, 0.25) is 0 Å². The fraction of sp³-hybridized carbons (Fsp3) is 0.909. The van der Waals surface area contributed by atoms with Crippen LogP contribution in [0, 0.1) is 11.8 Å². The maximum absolute atomic E-state index is 12.6. The molecule has 106 valence electrons. The molecule has 1 aliphatic carbocycles. The number of hydrogen-bond donors (Lipinski definition) is 2. The predicted molar refractivity (Wildman–Crippen MR) is 64.4 cm³/mol. The van der Waals surface area contributed by atoms with Gasteiger partial charge in [0.05, 0.1) is 12.3 Å². The number of alkyl halides is 3. The number of halogens is 3. The second kappa shape index (κ2) is 6.65. The van der Waals surface area contributed by atoms with Crippen LogP contribution >= 0.6 is 11.8 Å². The van der Waals surface area contributed by atoms with E-state index in [2.05, 4.69) is 0 Å². The van der Waals surface area contributed by atoms with Crippen molar-refractivity contribution < 1.29 is 23.1 Å². The standard InChI is InChI=1S/C11H18F3NO2S/c12-11(13,14)8(4-10(16)17)3-9(15)6-18-5-7-1-2-7/h7-9H,1-6,15H2,(H,16,17)/t8-,9-/m0/s1. The van der Waals surface area contributed by atoms with Gasteiger partial charge in [-0.25, -0.2) is 0 Å². The number of rotatable bonds is 8. The molecule has 1 saturated carbocycles. The average molecular weight is 285 g/mol. The normalized spacial score (nSPS) is 19.6. The minimum absolute atomic E-state index is 0.312. The van der Waals surface area contributed by atoms with E-state index in [0.29, 0.717) is 11.7 Å². The molecule has 0 aliphatic heterocycles. The largest absolute Gasteiger partial charge is 0.481 e. The highest BCUT2D eigenvalue weighted by Gasteiger charge is 2.41. The minimum atomic E-state index is -4.49. The second-order valence-corrected chi connectivity index (χ2v) is 5.89. The summed E-state index contributed by atoms with van der Waals surface area (Å²) >= 11 is 1.56. The summed E-state index contributed by atoms with van der Waals surface area (Å²) in [6.07, 6.45) is -3.30. The van der Waals surface area contributed by atoms with Gasteiger partial charge in [-0.2, -0.15) is 24.9 Å². The molecule has 0 saturated heterocycles. The van der Waals surface area contributed by atoms with E-state index >= 15 is 0 Å². The van der Waals surface area contributed by atoms with Crippen LogP contribution < -0.4 is 5.73 Å². The summed E-state index contributed by atoms with van der Waals surface area (Å²) in [6, 6.07) is -0.597. The van der Waals surface area contributed by atoms with E-state index < -0.39 is 30.5 Å². The fourth-order valence-corrected chi connectivity index (χ4v) is 2.89. The molecule has 18 heavy (non-hydrogen) atoms. The SMILES string of the molecule is N[C@H](CSCC1CC1)C[C@@H](CC(=O)O)C(F)(F)F. The summed E-state index contributed by atoms with van der Waals surface area (Å²) in [5.74, 6) is -1.16. The first kappa shape index (κ1) is 15.6. The van der Waals surface area contributed by atoms with E-state index in [1.807, 2.05) is 0 Å². The molecule has 0 aromatic carbocycles. The van der Waals surface area contributed by atoms with Crippen molar-refractivity contribution in [3.8, 4) is 0 Å². The third-order valence-corrected chi connectivity index (χ3v) is 4.22. The Morgan fingerprint density at radius 3 is 2.50 bits per heavy atom. The van der Waals surface area contributed by atoms with Crippen LogP contribution in [0.15, 0.2) is 0 Å². The number of carbonyl (C=O) groups is 1. The molecule has 0 amide bonds. The lowest BCUT2D eigenvalue weighted by atomic mass is 9.97. The number of hydrogen-bond acceptors (Lipinski definition) is 3. The van der Waals surface area contributed by atoms with E-state index in [0.717, 1.165) is 5.75 Å². The van der Waals surface area contributed by atoms with Crippen LogP contribution in [0.3, 0.4) is 0 Å². The number of thioether (sulfide) groups is 1. The summed E-state index contributed by atoms with van der Waals surface area (Å²) in [5.41, 5.74) is 5.64. The monoisotopic (exact) mass is 285 g/mol. The number of carboxylic acid groups (broad SMARTS) is 1. The average Bonchev–Trinajstić information content (AvgIpc) is 2.98. The lowest BCUT2D eigenvalue weighted by Gasteiger charge is -2.21. The van der Waals surface area contributed by atoms with Gasteiger partial charge in [-0.05, 0) is 30.9 Å². The van der Waals surface area contributed by atoms with E-state index in [4.69, 9.17) is 10.8 Å². The van der Waals surface area contributed by atoms with Gasteiger partial charge in [0.25, 0.3) is 0 Å². The van der Waals surface area contributed by atoms with Gasteiger partial charge in [0, 0.05) is 11.8 Å². The Hall–Kier alpha value is -0.430. The van der Waals surface area contributed by atoms with Gasteiger partial charge in [-0.1, -0.05) is 0 Å². The zero-order valence-electron chi connectivity index (χ0n) is 9.95. The first-order valence-corrected chi connectivity index (χ1v) is 7.06. The molecule has 0 aromatic heterocycles. The van der Waals surface area contributed by atoms with Crippen LogP contribution in [-0.4, -0.2) is 34.8 Å². The van der Waals surface area contributed by atoms with Crippen molar-refractivity contribution in [1.82, 2.24) is 0 Å². The Bertz CT molecular complexity index is 282. The molecular formula is C11H18F3NO2S. The molecule has 3 nitrogen and oxygen atoms in total. The van der Waals surface area contributed by atoms with Gasteiger partial charge in [0.2, 0.25) is 0 Å². The fourth-order valence-electron chi connectivity index (χ4n) is 1.65. The van der Waals surface area contributed by atoms with Gasteiger partial charge >= 0.3 is 12.1 Å². The molecule has 7 heteroatoms. The van der Waals surface area contributed by atoms with Crippen molar-refractivity contribution in [2.75, 3.05) is 11.5 Å². The quantitative estimate of drug-likeness (QED) is 0.719. The zero-order chi connectivity index (χ0) is 13.8. The van der Waals surface area contributed by atoms with Crippen molar-refractivity contribution in [2.24, 2.45) is 17.6 Å². The van der Waals surface area contributed by atoms with Crippen LogP contribution in [0.5, 0.6) is 0 Å². The van der Waals surface area contributed by atoms with E-state index in [-0.39, 0.29) is 6.42 Å². The Balaban J connectivity index is 2.30. The van der Waals surface area contributed by atoms with Crippen molar-refractivity contribution in [3.05, 3.63) is 0 Å². The predicted octanol–water partition coefficient (Wildman–Crippen LogP) is 2.50. The van der Waals surface area contributed by atoms with Gasteiger partial charge < -0.3 is 10.8 Å². The molecule has 0 aromatic rings. The molecule has 0 heterocycles. The van der Waals surface area contributed by atoms with Gasteiger partial charge in [-0.3, -0.25) is 4.79 Å². The smallest absolute Gasteiger partial charge is 0.392 e. The van der Waals surface area contributed by atoms with Gasteiger partial charge in [-0.15, -0.1) is 0 Å². The molecule has 1 rings (SSSR count). The maximum Gasteiger partial charge on any atom is 0.392 e. The highest BCUT2D eigenvalue weighted by molar-refractivity contribution is 7.99. The van der Waals surface area contributed by atoms with E-state index in [9.17, 15) is 18.0 Å². The molecule has 2 atom stereocenters. The van der Waals surface area contributed by atoms with Gasteiger partial charge in [0.15, 0.2) is 0 Å². The van der Waals surface area contributed by atoms with Crippen LogP contribution in [0.25, 0.3) is 0 Å². The molecule has 0 radical (unpaired) electrons. The van der Waals surface area contributed by atoms with Crippen LogP contribution in [-0.2, 0) is 4.79 Å². The van der Waals surface area contributed by atoms with Crippen molar-refractivity contribution in [3.63, 3.8) is 0 Å². The number of nitrogens with two attached hydrogens (primary N) is 1. The highest BCUT2D eigenvalue weighted by Crippen LogP contribution is 2.34. The summed E-state index contributed by atoms with van der Waals surface area (Å²) in [5, 5.41) is 8.47. The Morgan fingerprint density at radius 2 is 2.06 bits per heavy atom. The summed E-state index contributed by atoms with van der Waals surface area (Å²) in [7, 11) is 0. The lowest BCUT2D eigenvalue weighted by molar-refractivity contribution is -0.185. The summed E-state index contributed by atoms with van der Waals surface area (Å²) < 4.78 is 37.7. The van der Waals surface area contributed by atoms with Crippen LogP contribution in [0.4, 0.5) is 13.2 Å². The molecule has 1 aliphatic rings. The molecule has 0 bridgehead atoms. The highest BCUT2D eigenvalue weighted by atomic mass is 32.2.